The lowest BCUT2D eigenvalue weighted by atomic mass is 10.1. The number of methoxy groups -OCH3 is 1. The van der Waals surface area contributed by atoms with Crippen LogP contribution in [0.3, 0.4) is 0 Å². The summed E-state index contributed by atoms with van der Waals surface area (Å²) >= 11 is 0. The molecule has 1 aliphatic heterocycles. The third-order valence-corrected chi connectivity index (χ3v) is 3.64. The summed E-state index contributed by atoms with van der Waals surface area (Å²) in [6.45, 7) is 1.09. The molecule has 1 aliphatic rings. The van der Waals surface area contributed by atoms with Gasteiger partial charge in [-0.25, -0.2) is 9.59 Å². The molecule has 1 aromatic rings. The van der Waals surface area contributed by atoms with Crippen molar-refractivity contribution in [1.29, 1.82) is 0 Å². The summed E-state index contributed by atoms with van der Waals surface area (Å²) in [5.74, 6) is -1.03. The Labute approximate surface area is 123 Å². The number of rotatable bonds is 5. The fraction of sp³-hybridized carbons (Fsp3) is 0.467. The normalized spacial score (nSPS) is 19.3. The number of hydrogen-bond donors (Lipinski definition) is 2. The number of nitrogens with zero attached hydrogens (tertiary/aromatic N) is 1. The van der Waals surface area contributed by atoms with Gasteiger partial charge >= 0.3 is 12.0 Å². The van der Waals surface area contributed by atoms with Crippen LogP contribution in [0.2, 0.25) is 0 Å². The second kappa shape index (κ2) is 7.08. The van der Waals surface area contributed by atoms with E-state index in [-0.39, 0.29) is 18.6 Å². The Kier molecular flexibility index (Phi) is 5.16. The highest BCUT2D eigenvalue weighted by molar-refractivity contribution is 5.83. The zero-order valence-electron chi connectivity index (χ0n) is 12.0. The Balaban J connectivity index is 1.94. The van der Waals surface area contributed by atoms with Gasteiger partial charge in [0.15, 0.2) is 0 Å². The van der Waals surface area contributed by atoms with E-state index in [1.807, 2.05) is 30.3 Å². The van der Waals surface area contributed by atoms with Crippen molar-refractivity contribution in [2.75, 3.05) is 20.2 Å². The molecule has 114 valence electrons. The highest BCUT2D eigenvalue weighted by Gasteiger charge is 2.29. The maximum absolute atomic E-state index is 12.1. The molecule has 6 heteroatoms. The molecule has 0 spiro atoms. The first-order chi connectivity index (χ1) is 10.1. The molecule has 2 amide bonds. The molecule has 0 radical (unpaired) electrons. The lowest BCUT2D eigenvalue weighted by Crippen LogP contribution is -2.48. The summed E-state index contributed by atoms with van der Waals surface area (Å²) in [6.07, 6.45) is 1.08. The molecule has 2 atom stereocenters. The number of hydrogen-bond acceptors (Lipinski definition) is 3. The average molecular weight is 292 g/mol. The Morgan fingerprint density at radius 3 is 2.71 bits per heavy atom. The van der Waals surface area contributed by atoms with Crippen LogP contribution in [0.1, 0.15) is 12.0 Å². The number of ether oxygens (including phenoxy) is 1. The van der Waals surface area contributed by atoms with E-state index in [1.54, 1.807) is 12.0 Å². The molecule has 1 saturated heterocycles. The Morgan fingerprint density at radius 2 is 2.14 bits per heavy atom. The van der Waals surface area contributed by atoms with Crippen molar-refractivity contribution in [2.45, 2.75) is 25.0 Å². The molecule has 2 rings (SSSR count). The van der Waals surface area contributed by atoms with Gasteiger partial charge < -0.3 is 20.1 Å². The summed E-state index contributed by atoms with van der Waals surface area (Å²) in [4.78, 5) is 25.0. The molecule has 0 saturated carbocycles. The van der Waals surface area contributed by atoms with Crippen molar-refractivity contribution in [3.05, 3.63) is 35.9 Å². The molecule has 2 unspecified atom stereocenters. The van der Waals surface area contributed by atoms with Crippen molar-refractivity contribution >= 4 is 12.0 Å². The number of carboxylic acids is 1. The molecule has 1 fully saturated rings. The molecular formula is C15H20N2O4. The molecule has 2 N–H and O–H groups in total. The van der Waals surface area contributed by atoms with Crippen LogP contribution in [-0.2, 0) is 16.0 Å². The predicted molar refractivity (Wildman–Crippen MR) is 77.1 cm³/mol. The second-order valence-corrected chi connectivity index (χ2v) is 5.12. The lowest BCUT2D eigenvalue weighted by Gasteiger charge is -2.21. The largest absolute Gasteiger partial charge is 0.480 e. The molecule has 1 aromatic carbocycles. The van der Waals surface area contributed by atoms with E-state index in [0.29, 0.717) is 13.1 Å². The quantitative estimate of drug-likeness (QED) is 0.852. The van der Waals surface area contributed by atoms with Gasteiger partial charge in [0, 0.05) is 26.6 Å². The Hall–Kier alpha value is -2.08. The van der Waals surface area contributed by atoms with E-state index in [0.717, 1.165) is 12.0 Å². The van der Waals surface area contributed by atoms with Gasteiger partial charge in [-0.3, -0.25) is 0 Å². The minimum Gasteiger partial charge on any atom is -0.480 e. The van der Waals surface area contributed by atoms with E-state index in [2.05, 4.69) is 5.32 Å². The molecule has 0 aromatic heterocycles. The van der Waals surface area contributed by atoms with Crippen LogP contribution in [0.25, 0.3) is 0 Å². The molecule has 6 nitrogen and oxygen atoms in total. The van der Waals surface area contributed by atoms with E-state index < -0.39 is 12.0 Å². The minimum absolute atomic E-state index is 0.0353. The lowest BCUT2D eigenvalue weighted by molar-refractivity contribution is -0.139. The molecule has 21 heavy (non-hydrogen) atoms. The summed E-state index contributed by atoms with van der Waals surface area (Å²) in [5.41, 5.74) is 0.876. The zero-order chi connectivity index (χ0) is 15.2. The van der Waals surface area contributed by atoms with Crippen LogP contribution >= 0.6 is 0 Å². The summed E-state index contributed by atoms with van der Waals surface area (Å²) < 4.78 is 5.20. The number of carbonyl (C=O) groups is 2. The van der Waals surface area contributed by atoms with Crippen molar-refractivity contribution in [1.82, 2.24) is 10.2 Å². The fourth-order valence-corrected chi connectivity index (χ4v) is 2.40. The van der Waals surface area contributed by atoms with Crippen LogP contribution in [-0.4, -0.2) is 54.4 Å². The maximum Gasteiger partial charge on any atom is 0.326 e. The summed E-state index contributed by atoms with van der Waals surface area (Å²) in [5, 5.41) is 11.8. The number of amides is 2. The first-order valence-corrected chi connectivity index (χ1v) is 6.95. The molecule has 0 aliphatic carbocycles. The van der Waals surface area contributed by atoms with Crippen molar-refractivity contribution in [2.24, 2.45) is 0 Å². The van der Waals surface area contributed by atoms with Gasteiger partial charge in [0.05, 0.1) is 6.10 Å². The van der Waals surface area contributed by atoms with Crippen LogP contribution < -0.4 is 5.32 Å². The zero-order valence-corrected chi connectivity index (χ0v) is 12.0. The number of nitrogens with one attached hydrogen (secondary N) is 1. The third-order valence-electron chi connectivity index (χ3n) is 3.64. The third kappa shape index (κ3) is 4.19. The number of benzene rings is 1. The average Bonchev–Trinajstić information content (AvgIpc) is 2.96. The first kappa shape index (κ1) is 15.3. The Bertz CT molecular complexity index is 492. The van der Waals surface area contributed by atoms with Gasteiger partial charge in [0.25, 0.3) is 0 Å². The first-order valence-electron chi connectivity index (χ1n) is 6.95. The van der Waals surface area contributed by atoms with Gasteiger partial charge in [0.1, 0.15) is 6.04 Å². The van der Waals surface area contributed by atoms with Gasteiger partial charge in [-0.05, 0) is 12.0 Å². The predicted octanol–water partition coefficient (Wildman–Crippen LogP) is 1.11. The Morgan fingerprint density at radius 1 is 1.43 bits per heavy atom. The minimum atomic E-state index is -1.03. The summed E-state index contributed by atoms with van der Waals surface area (Å²) in [6, 6.07) is 7.98. The van der Waals surface area contributed by atoms with E-state index in [4.69, 9.17) is 4.74 Å². The van der Waals surface area contributed by atoms with Crippen molar-refractivity contribution in [3.8, 4) is 0 Å². The fourth-order valence-electron chi connectivity index (χ4n) is 2.40. The topological polar surface area (TPSA) is 78.9 Å². The number of aliphatic carboxylic acids is 1. The van der Waals surface area contributed by atoms with Crippen LogP contribution in [0.15, 0.2) is 30.3 Å². The van der Waals surface area contributed by atoms with Crippen LogP contribution in [0.4, 0.5) is 4.79 Å². The number of carboxylic acid groups (broad SMARTS) is 1. The standard InChI is InChI=1S/C15H20N2O4/c1-21-12-7-8-17(10-12)15(20)16-13(14(18)19)9-11-5-3-2-4-6-11/h2-6,12-13H,7-10H2,1H3,(H,16,20)(H,18,19). The molecular weight excluding hydrogens is 272 g/mol. The van der Waals surface area contributed by atoms with Crippen molar-refractivity contribution in [3.63, 3.8) is 0 Å². The van der Waals surface area contributed by atoms with E-state index in [1.165, 1.54) is 0 Å². The van der Waals surface area contributed by atoms with E-state index in [9.17, 15) is 14.7 Å². The smallest absolute Gasteiger partial charge is 0.326 e. The van der Waals surface area contributed by atoms with Crippen LogP contribution in [0, 0.1) is 0 Å². The number of likely N-dealkylation sites (tertiary alicyclic amines) is 1. The second-order valence-electron chi connectivity index (χ2n) is 5.12. The highest BCUT2D eigenvalue weighted by atomic mass is 16.5. The summed E-state index contributed by atoms with van der Waals surface area (Å²) in [7, 11) is 1.61. The maximum atomic E-state index is 12.1. The highest BCUT2D eigenvalue weighted by Crippen LogP contribution is 2.12. The van der Waals surface area contributed by atoms with Crippen molar-refractivity contribution < 1.29 is 19.4 Å². The molecule has 0 bridgehead atoms. The van der Waals surface area contributed by atoms with Gasteiger partial charge in [-0.1, -0.05) is 30.3 Å². The van der Waals surface area contributed by atoms with Gasteiger partial charge in [0.2, 0.25) is 0 Å². The monoisotopic (exact) mass is 292 g/mol. The molecule has 1 heterocycles. The van der Waals surface area contributed by atoms with Crippen LogP contribution in [0.5, 0.6) is 0 Å². The van der Waals surface area contributed by atoms with E-state index >= 15 is 0 Å². The number of urea groups is 1. The SMILES string of the molecule is COC1CCN(C(=O)NC(Cc2ccccc2)C(=O)O)C1. The number of carbonyl (C=O) groups excluding carboxylic acids is 1. The van der Waals surface area contributed by atoms with Gasteiger partial charge in [-0.15, -0.1) is 0 Å². The van der Waals surface area contributed by atoms with Gasteiger partial charge in [-0.2, -0.15) is 0 Å².